The van der Waals surface area contributed by atoms with Gasteiger partial charge < -0.3 is 4.84 Å². The van der Waals surface area contributed by atoms with Crippen LogP contribution in [0.3, 0.4) is 0 Å². The van der Waals surface area contributed by atoms with Gasteiger partial charge in [0.15, 0.2) is 0 Å². The van der Waals surface area contributed by atoms with Gasteiger partial charge in [0.25, 0.3) is 0 Å². The average Bonchev–Trinajstić information content (AvgIpc) is 2.01. The topological polar surface area (TPSA) is 48.1 Å². The third kappa shape index (κ3) is 2.61. The van der Waals surface area contributed by atoms with E-state index >= 15 is 0 Å². The van der Waals surface area contributed by atoms with E-state index in [2.05, 4.69) is 9.82 Å². The highest BCUT2D eigenvalue weighted by atomic mass is 19.1. The number of halogens is 1. The van der Waals surface area contributed by atoms with Crippen molar-refractivity contribution in [3.63, 3.8) is 0 Å². The SMILES string of the molecule is NOCCc1cc(F)ccn1. The van der Waals surface area contributed by atoms with Crippen LogP contribution in [-0.2, 0) is 11.3 Å². The number of aromatic nitrogens is 1. The predicted molar refractivity (Wildman–Crippen MR) is 38.0 cm³/mol. The molecule has 0 saturated heterocycles. The standard InChI is InChI=1S/C7H9FN2O/c8-6-1-3-10-7(5-6)2-4-11-9/h1,3,5H,2,4,9H2. The van der Waals surface area contributed by atoms with Crippen LogP contribution in [0, 0.1) is 5.82 Å². The molecule has 0 aliphatic heterocycles. The summed E-state index contributed by atoms with van der Waals surface area (Å²) in [5.41, 5.74) is 0.649. The maximum absolute atomic E-state index is 12.5. The van der Waals surface area contributed by atoms with E-state index in [1.165, 1.54) is 18.3 Å². The molecule has 0 saturated carbocycles. The van der Waals surface area contributed by atoms with Gasteiger partial charge >= 0.3 is 0 Å². The van der Waals surface area contributed by atoms with Crippen LogP contribution in [0.5, 0.6) is 0 Å². The van der Waals surface area contributed by atoms with E-state index in [4.69, 9.17) is 5.90 Å². The van der Waals surface area contributed by atoms with Crippen molar-refractivity contribution < 1.29 is 9.23 Å². The van der Waals surface area contributed by atoms with E-state index in [-0.39, 0.29) is 5.82 Å². The molecule has 11 heavy (non-hydrogen) atoms. The van der Waals surface area contributed by atoms with Crippen molar-refractivity contribution in [2.45, 2.75) is 6.42 Å². The quantitative estimate of drug-likeness (QED) is 0.654. The molecule has 4 heteroatoms. The van der Waals surface area contributed by atoms with E-state index in [9.17, 15) is 4.39 Å². The fourth-order valence-corrected chi connectivity index (χ4v) is 0.749. The monoisotopic (exact) mass is 156 g/mol. The van der Waals surface area contributed by atoms with Crippen LogP contribution in [-0.4, -0.2) is 11.6 Å². The van der Waals surface area contributed by atoms with E-state index in [0.717, 1.165) is 0 Å². The van der Waals surface area contributed by atoms with E-state index in [1.54, 1.807) is 0 Å². The third-order valence-electron chi connectivity index (χ3n) is 1.25. The molecule has 0 amide bonds. The molecule has 1 heterocycles. The van der Waals surface area contributed by atoms with Gasteiger partial charge in [-0.25, -0.2) is 10.3 Å². The first-order chi connectivity index (χ1) is 5.33. The number of hydrogen-bond donors (Lipinski definition) is 1. The fourth-order valence-electron chi connectivity index (χ4n) is 0.749. The van der Waals surface area contributed by atoms with Gasteiger partial charge in [0.1, 0.15) is 5.82 Å². The molecule has 0 aliphatic rings. The maximum atomic E-state index is 12.5. The molecule has 0 atom stereocenters. The smallest absolute Gasteiger partial charge is 0.126 e. The molecule has 0 unspecified atom stereocenters. The number of nitrogens with two attached hydrogens (primary N) is 1. The maximum Gasteiger partial charge on any atom is 0.126 e. The van der Waals surface area contributed by atoms with Gasteiger partial charge in [0.05, 0.1) is 6.61 Å². The van der Waals surface area contributed by atoms with Gasteiger partial charge in [0, 0.05) is 18.3 Å². The highest BCUT2D eigenvalue weighted by Crippen LogP contribution is 1.99. The Bertz CT molecular complexity index is 229. The van der Waals surface area contributed by atoms with Crippen LogP contribution in [0.25, 0.3) is 0 Å². The fraction of sp³-hybridized carbons (Fsp3) is 0.286. The summed E-state index contributed by atoms with van der Waals surface area (Å²) < 4.78 is 12.5. The highest BCUT2D eigenvalue weighted by Gasteiger charge is 1.95. The Balaban J connectivity index is 2.56. The molecule has 3 nitrogen and oxygen atoms in total. The number of rotatable bonds is 3. The lowest BCUT2D eigenvalue weighted by molar-refractivity contribution is 0.140. The van der Waals surface area contributed by atoms with E-state index in [0.29, 0.717) is 18.7 Å². The van der Waals surface area contributed by atoms with Crippen LogP contribution in [0.15, 0.2) is 18.3 Å². The first kappa shape index (κ1) is 8.10. The lowest BCUT2D eigenvalue weighted by Gasteiger charge is -1.97. The summed E-state index contributed by atoms with van der Waals surface area (Å²) in [6.07, 6.45) is 1.95. The third-order valence-corrected chi connectivity index (χ3v) is 1.25. The predicted octanol–water partition coefficient (Wildman–Crippen LogP) is 0.653. The summed E-state index contributed by atoms with van der Waals surface area (Å²) in [5, 5.41) is 0. The zero-order valence-electron chi connectivity index (χ0n) is 5.96. The van der Waals surface area contributed by atoms with Crippen molar-refractivity contribution in [1.29, 1.82) is 0 Å². The number of pyridine rings is 1. The van der Waals surface area contributed by atoms with Crippen LogP contribution in [0.2, 0.25) is 0 Å². The summed E-state index contributed by atoms with van der Waals surface area (Å²) >= 11 is 0. The molecule has 60 valence electrons. The number of hydrogen-bond acceptors (Lipinski definition) is 3. The molecular formula is C7H9FN2O. The summed E-state index contributed by atoms with van der Waals surface area (Å²) in [7, 11) is 0. The van der Waals surface area contributed by atoms with Crippen molar-refractivity contribution >= 4 is 0 Å². The number of nitrogens with zero attached hydrogens (tertiary/aromatic N) is 1. The van der Waals surface area contributed by atoms with Crippen LogP contribution < -0.4 is 5.90 Å². The second kappa shape index (κ2) is 4.00. The van der Waals surface area contributed by atoms with Gasteiger partial charge in [-0.1, -0.05) is 0 Å². The summed E-state index contributed by atoms with van der Waals surface area (Å²) in [6.45, 7) is 0.358. The molecule has 0 fully saturated rings. The Kier molecular flexibility index (Phi) is 2.95. The normalized spacial score (nSPS) is 10.0. The molecule has 0 radical (unpaired) electrons. The molecule has 1 aromatic heterocycles. The zero-order valence-corrected chi connectivity index (χ0v) is 5.96. The van der Waals surface area contributed by atoms with Gasteiger partial charge in [-0.05, 0) is 12.1 Å². The average molecular weight is 156 g/mol. The van der Waals surface area contributed by atoms with Crippen LogP contribution >= 0.6 is 0 Å². The van der Waals surface area contributed by atoms with Gasteiger partial charge in [-0.2, -0.15) is 0 Å². The largest absolute Gasteiger partial charge is 0.304 e. The Morgan fingerprint density at radius 3 is 3.09 bits per heavy atom. The molecule has 2 N–H and O–H groups in total. The minimum Gasteiger partial charge on any atom is -0.304 e. The van der Waals surface area contributed by atoms with Crippen LogP contribution in [0.4, 0.5) is 4.39 Å². The van der Waals surface area contributed by atoms with Crippen molar-refractivity contribution in [2.24, 2.45) is 5.90 Å². The van der Waals surface area contributed by atoms with Gasteiger partial charge in [0.2, 0.25) is 0 Å². The van der Waals surface area contributed by atoms with Crippen molar-refractivity contribution in [3.05, 3.63) is 29.8 Å². The van der Waals surface area contributed by atoms with Crippen LogP contribution in [0.1, 0.15) is 5.69 Å². The zero-order chi connectivity index (χ0) is 8.10. The Hall–Kier alpha value is -1.00. The first-order valence-electron chi connectivity index (χ1n) is 3.25. The molecule has 0 aromatic carbocycles. The minimum atomic E-state index is -0.285. The first-order valence-corrected chi connectivity index (χ1v) is 3.25. The molecular weight excluding hydrogens is 147 g/mol. The highest BCUT2D eigenvalue weighted by molar-refractivity contribution is 5.05. The van der Waals surface area contributed by atoms with Gasteiger partial charge in [-0.15, -0.1) is 0 Å². The molecule has 0 bridgehead atoms. The summed E-state index contributed by atoms with van der Waals surface area (Å²) in [5.74, 6) is 4.51. The second-order valence-electron chi connectivity index (χ2n) is 2.09. The molecule has 1 aromatic rings. The Morgan fingerprint density at radius 1 is 1.64 bits per heavy atom. The van der Waals surface area contributed by atoms with Crippen molar-refractivity contribution in [1.82, 2.24) is 4.98 Å². The Morgan fingerprint density at radius 2 is 2.45 bits per heavy atom. The summed E-state index contributed by atoms with van der Waals surface area (Å²) in [4.78, 5) is 8.22. The lowest BCUT2D eigenvalue weighted by Crippen LogP contribution is -2.04. The molecule has 1 rings (SSSR count). The van der Waals surface area contributed by atoms with Gasteiger partial charge in [-0.3, -0.25) is 4.98 Å². The minimum absolute atomic E-state index is 0.285. The molecule has 0 aliphatic carbocycles. The van der Waals surface area contributed by atoms with E-state index < -0.39 is 0 Å². The lowest BCUT2D eigenvalue weighted by atomic mass is 10.3. The van der Waals surface area contributed by atoms with E-state index in [1.807, 2.05) is 0 Å². The Labute approximate surface area is 64.0 Å². The van der Waals surface area contributed by atoms with Crippen molar-refractivity contribution in [3.8, 4) is 0 Å². The van der Waals surface area contributed by atoms with Crippen molar-refractivity contribution in [2.75, 3.05) is 6.61 Å². The second-order valence-corrected chi connectivity index (χ2v) is 2.09. The summed E-state index contributed by atoms with van der Waals surface area (Å²) in [6, 6.07) is 2.66. The molecule has 0 spiro atoms.